The van der Waals surface area contributed by atoms with Crippen molar-refractivity contribution in [2.24, 2.45) is 0 Å². The number of aromatic nitrogens is 4. The third-order valence-corrected chi connectivity index (χ3v) is 7.30. The lowest BCUT2D eigenvalue weighted by molar-refractivity contribution is 0.133. The molecule has 0 unspecified atom stereocenters. The van der Waals surface area contributed by atoms with Gasteiger partial charge in [0, 0.05) is 43.2 Å². The fourth-order valence-corrected chi connectivity index (χ4v) is 5.52. The van der Waals surface area contributed by atoms with Crippen LogP contribution in [0.1, 0.15) is 42.4 Å². The smallest absolute Gasteiger partial charge is 0.214 e. The molecule has 0 saturated carbocycles. The summed E-state index contributed by atoms with van der Waals surface area (Å²) in [5, 5.41) is 10.1. The van der Waals surface area contributed by atoms with Crippen molar-refractivity contribution in [3.63, 3.8) is 0 Å². The molecule has 3 aromatic rings. The molecule has 2 saturated heterocycles. The summed E-state index contributed by atoms with van der Waals surface area (Å²) in [6, 6.07) is 11.4. The molecule has 6 rings (SSSR count). The second kappa shape index (κ2) is 8.66. The lowest BCUT2D eigenvalue weighted by Gasteiger charge is -2.32. The van der Waals surface area contributed by atoms with Crippen LogP contribution in [-0.4, -0.2) is 57.0 Å². The number of pyridine rings is 1. The van der Waals surface area contributed by atoms with Crippen molar-refractivity contribution in [1.82, 2.24) is 24.6 Å². The van der Waals surface area contributed by atoms with Gasteiger partial charge in [-0.1, -0.05) is 17.7 Å². The number of fused-ring (bicyclic) bond motifs is 3. The molecule has 0 radical (unpaired) electrons. The second-order valence-corrected chi connectivity index (χ2v) is 9.52. The van der Waals surface area contributed by atoms with Crippen molar-refractivity contribution in [2.45, 2.75) is 44.3 Å². The standard InChI is InChI=1S/C24H26ClFN6O/c25-18-4-5-20-17(12-18)13-31(19-8-11-33-15-19)14-23-28-29-24(32(20)23)16-6-9-30(10-7-16)22-3-1-2-21(26)27-22/h1-5,12,16,19H,6-11,13-15H2/t19-/m0/s1. The van der Waals surface area contributed by atoms with Crippen LogP contribution < -0.4 is 4.90 Å². The molecule has 33 heavy (non-hydrogen) atoms. The quantitative estimate of drug-likeness (QED) is 0.543. The first kappa shape index (κ1) is 21.0. The van der Waals surface area contributed by atoms with E-state index in [1.807, 2.05) is 12.1 Å². The number of anilines is 1. The van der Waals surface area contributed by atoms with Crippen LogP contribution in [0.15, 0.2) is 36.4 Å². The minimum absolute atomic E-state index is 0.279. The Morgan fingerprint density at radius 1 is 1.03 bits per heavy atom. The van der Waals surface area contributed by atoms with Crippen LogP contribution in [0.25, 0.3) is 5.69 Å². The van der Waals surface area contributed by atoms with Gasteiger partial charge in [-0.2, -0.15) is 4.39 Å². The van der Waals surface area contributed by atoms with Gasteiger partial charge in [-0.05, 0) is 55.2 Å². The van der Waals surface area contributed by atoms with Gasteiger partial charge in [-0.3, -0.25) is 9.47 Å². The van der Waals surface area contributed by atoms with Gasteiger partial charge in [0.2, 0.25) is 5.95 Å². The van der Waals surface area contributed by atoms with Crippen LogP contribution in [0.2, 0.25) is 5.02 Å². The van der Waals surface area contributed by atoms with Gasteiger partial charge in [0.05, 0.1) is 18.8 Å². The first-order chi connectivity index (χ1) is 16.2. The van der Waals surface area contributed by atoms with E-state index in [2.05, 4.69) is 41.7 Å². The van der Waals surface area contributed by atoms with Crippen molar-refractivity contribution in [2.75, 3.05) is 31.2 Å². The van der Waals surface area contributed by atoms with Gasteiger partial charge < -0.3 is 9.64 Å². The van der Waals surface area contributed by atoms with Crippen molar-refractivity contribution in [1.29, 1.82) is 0 Å². The van der Waals surface area contributed by atoms with Crippen molar-refractivity contribution in [3.8, 4) is 5.69 Å². The SMILES string of the molecule is Fc1cccc(N2CCC(c3nnc4n3-c3ccc(Cl)cc3CN([C@H]3CCOC3)C4)CC2)n1. The third-order valence-electron chi connectivity index (χ3n) is 7.06. The first-order valence-corrected chi connectivity index (χ1v) is 12.0. The van der Waals surface area contributed by atoms with Crippen LogP contribution in [0.4, 0.5) is 10.2 Å². The molecule has 7 nitrogen and oxygen atoms in total. The summed E-state index contributed by atoms with van der Waals surface area (Å²) < 4.78 is 21.5. The minimum atomic E-state index is -0.440. The van der Waals surface area contributed by atoms with E-state index in [4.69, 9.17) is 16.3 Å². The topological polar surface area (TPSA) is 59.3 Å². The number of nitrogens with zero attached hydrogens (tertiary/aromatic N) is 6. The Balaban J connectivity index is 1.30. The molecule has 0 N–H and O–H groups in total. The average molecular weight is 469 g/mol. The van der Waals surface area contributed by atoms with Crippen molar-refractivity contribution in [3.05, 3.63) is 64.6 Å². The number of piperidine rings is 1. The number of rotatable bonds is 3. The number of halogens is 2. The predicted octanol–water partition coefficient (Wildman–Crippen LogP) is 3.94. The maximum atomic E-state index is 13.6. The van der Waals surface area contributed by atoms with Crippen LogP contribution in [0.5, 0.6) is 0 Å². The molecule has 0 amide bonds. The Kier molecular flexibility index (Phi) is 5.52. The van der Waals surface area contributed by atoms with Crippen molar-refractivity contribution >= 4 is 17.4 Å². The van der Waals surface area contributed by atoms with E-state index in [9.17, 15) is 4.39 Å². The van der Waals surface area contributed by atoms with Crippen LogP contribution >= 0.6 is 11.6 Å². The van der Waals surface area contributed by atoms with E-state index in [1.54, 1.807) is 6.07 Å². The van der Waals surface area contributed by atoms with E-state index in [0.717, 1.165) is 81.0 Å². The molecule has 9 heteroatoms. The summed E-state index contributed by atoms with van der Waals surface area (Å²) in [5.41, 5.74) is 2.31. The lowest BCUT2D eigenvalue weighted by atomic mass is 9.95. The lowest BCUT2D eigenvalue weighted by Crippen LogP contribution is -2.34. The molecule has 3 aliphatic heterocycles. The summed E-state index contributed by atoms with van der Waals surface area (Å²) in [6.07, 6.45) is 2.86. The van der Waals surface area contributed by atoms with E-state index in [1.165, 1.54) is 11.6 Å². The van der Waals surface area contributed by atoms with Gasteiger partial charge in [0.25, 0.3) is 0 Å². The Labute approximate surface area is 197 Å². The number of hydrogen-bond acceptors (Lipinski definition) is 6. The van der Waals surface area contributed by atoms with Gasteiger partial charge in [-0.15, -0.1) is 10.2 Å². The summed E-state index contributed by atoms with van der Waals surface area (Å²) in [4.78, 5) is 8.64. The molecule has 0 aliphatic carbocycles. The zero-order chi connectivity index (χ0) is 22.4. The predicted molar refractivity (Wildman–Crippen MR) is 123 cm³/mol. The highest BCUT2D eigenvalue weighted by Crippen LogP contribution is 2.35. The van der Waals surface area contributed by atoms with E-state index in [0.29, 0.717) is 11.9 Å². The molecule has 2 fully saturated rings. The molecule has 5 heterocycles. The Morgan fingerprint density at radius 3 is 2.70 bits per heavy atom. The molecule has 172 valence electrons. The molecule has 1 atom stereocenters. The average Bonchev–Trinajstić information content (AvgIpc) is 3.47. The molecule has 0 spiro atoms. The summed E-state index contributed by atoms with van der Waals surface area (Å²) >= 11 is 6.39. The summed E-state index contributed by atoms with van der Waals surface area (Å²) in [6.45, 7) is 4.73. The zero-order valence-corrected chi connectivity index (χ0v) is 19.1. The Bertz CT molecular complexity index is 1160. The van der Waals surface area contributed by atoms with Crippen LogP contribution in [0, 0.1) is 5.95 Å². The molecule has 0 bridgehead atoms. The third kappa shape index (κ3) is 4.00. The van der Waals surface area contributed by atoms with Crippen molar-refractivity contribution < 1.29 is 9.13 Å². The monoisotopic (exact) mass is 468 g/mol. The minimum Gasteiger partial charge on any atom is -0.380 e. The highest BCUT2D eigenvalue weighted by molar-refractivity contribution is 6.30. The number of ether oxygens (including phenoxy) is 1. The Morgan fingerprint density at radius 2 is 1.91 bits per heavy atom. The maximum Gasteiger partial charge on any atom is 0.214 e. The highest BCUT2D eigenvalue weighted by Gasteiger charge is 2.33. The fourth-order valence-electron chi connectivity index (χ4n) is 5.32. The summed E-state index contributed by atoms with van der Waals surface area (Å²) in [7, 11) is 0. The molecular formula is C24H26ClFN6O. The zero-order valence-electron chi connectivity index (χ0n) is 18.3. The largest absolute Gasteiger partial charge is 0.380 e. The first-order valence-electron chi connectivity index (χ1n) is 11.6. The van der Waals surface area contributed by atoms with Gasteiger partial charge >= 0.3 is 0 Å². The van der Waals surface area contributed by atoms with Gasteiger partial charge in [-0.25, -0.2) is 4.98 Å². The number of benzene rings is 1. The molecular weight excluding hydrogens is 443 g/mol. The van der Waals surface area contributed by atoms with Crippen LogP contribution in [-0.2, 0) is 17.8 Å². The number of hydrogen-bond donors (Lipinski definition) is 0. The normalized spacial score (nSPS) is 21.6. The van der Waals surface area contributed by atoms with Gasteiger partial charge in [0.15, 0.2) is 5.82 Å². The Hall–Kier alpha value is -2.55. The highest BCUT2D eigenvalue weighted by atomic mass is 35.5. The fraction of sp³-hybridized carbons (Fsp3) is 0.458. The summed E-state index contributed by atoms with van der Waals surface area (Å²) in [5.74, 6) is 2.51. The second-order valence-electron chi connectivity index (χ2n) is 9.09. The van der Waals surface area contributed by atoms with Crippen LogP contribution in [0.3, 0.4) is 0 Å². The maximum absolute atomic E-state index is 13.6. The molecule has 2 aromatic heterocycles. The molecule has 3 aliphatic rings. The van der Waals surface area contributed by atoms with Gasteiger partial charge in [0.1, 0.15) is 11.6 Å². The van der Waals surface area contributed by atoms with E-state index < -0.39 is 5.95 Å². The van der Waals surface area contributed by atoms with E-state index >= 15 is 0 Å². The van der Waals surface area contributed by atoms with E-state index in [-0.39, 0.29) is 5.92 Å². The molecule has 1 aromatic carbocycles.